The van der Waals surface area contributed by atoms with E-state index >= 15 is 0 Å². The molecule has 1 heterocycles. The van der Waals surface area contributed by atoms with Crippen LogP contribution in [0.4, 0.5) is 8.78 Å². The molecule has 0 radical (unpaired) electrons. The summed E-state index contributed by atoms with van der Waals surface area (Å²) in [6.45, 7) is -0.465. The molecule has 2 rings (SSSR count). The molecule has 96 valence electrons. The van der Waals surface area contributed by atoms with Gasteiger partial charge in [0.2, 0.25) is 0 Å². The molecular formula is C12H11F2NO3. The molecule has 0 bridgehead atoms. The van der Waals surface area contributed by atoms with Crippen molar-refractivity contribution in [3.8, 4) is 0 Å². The molecule has 1 aliphatic carbocycles. The van der Waals surface area contributed by atoms with E-state index in [9.17, 15) is 18.4 Å². The number of carbonyl (C=O) groups excluding carboxylic acids is 2. The second-order valence-corrected chi connectivity index (χ2v) is 4.20. The predicted molar refractivity (Wildman–Crippen MR) is 57.0 cm³/mol. The molecule has 0 aromatic carbocycles. The molecule has 0 aliphatic heterocycles. The van der Waals surface area contributed by atoms with Crippen LogP contribution in [0.25, 0.3) is 0 Å². The average Bonchev–Trinajstić information content (AvgIpc) is 2.97. The van der Waals surface area contributed by atoms with Gasteiger partial charge in [0.25, 0.3) is 5.92 Å². The highest BCUT2D eigenvalue weighted by Crippen LogP contribution is 2.49. The van der Waals surface area contributed by atoms with Crippen molar-refractivity contribution >= 4 is 11.8 Å². The number of nitrogens with zero attached hydrogens (tertiary/aromatic N) is 1. The van der Waals surface area contributed by atoms with Gasteiger partial charge in [-0.1, -0.05) is 0 Å². The Balaban J connectivity index is 1.74. The zero-order valence-electron chi connectivity index (χ0n) is 9.44. The second kappa shape index (κ2) is 4.80. The van der Waals surface area contributed by atoms with Crippen molar-refractivity contribution in [3.05, 3.63) is 30.1 Å². The summed E-state index contributed by atoms with van der Waals surface area (Å²) >= 11 is 0. The van der Waals surface area contributed by atoms with Gasteiger partial charge in [-0.05, 0) is 17.7 Å². The molecular weight excluding hydrogens is 244 g/mol. The number of hydrogen-bond donors (Lipinski definition) is 0. The Hall–Kier alpha value is -1.85. The van der Waals surface area contributed by atoms with Crippen LogP contribution in [-0.2, 0) is 20.7 Å². The van der Waals surface area contributed by atoms with Crippen LogP contribution in [0, 0.1) is 5.92 Å². The van der Waals surface area contributed by atoms with Crippen LogP contribution in [0.2, 0.25) is 0 Å². The van der Waals surface area contributed by atoms with Gasteiger partial charge in [-0.25, -0.2) is 8.78 Å². The Bertz CT molecular complexity index is 462. The van der Waals surface area contributed by atoms with Crippen LogP contribution in [0.15, 0.2) is 24.5 Å². The molecule has 18 heavy (non-hydrogen) atoms. The van der Waals surface area contributed by atoms with Crippen molar-refractivity contribution in [3.63, 3.8) is 0 Å². The number of ketones is 1. The first-order valence-corrected chi connectivity index (χ1v) is 5.44. The number of carbonyl (C=O) groups is 2. The first-order chi connectivity index (χ1) is 8.49. The lowest BCUT2D eigenvalue weighted by atomic mass is 10.1. The van der Waals surface area contributed by atoms with Crippen LogP contribution in [0.5, 0.6) is 0 Å². The number of ether oxygens (including phenoxy) is 1. The molecule has 0 N–H and O–H groups in total. The number of pyridine rings is 1. The normalized spacial score (nSPS) is 20.2. The number of rotatable bonds is 5. The summed E-state index contributed by atoms with van der Waals surface area (Å²) in [5.74, 6) is -5.65. The summed E-state index contributed by atoms with van der Waals surface area (Å²) in [5, 5.41) is 0. The van der Waals surface area contributed by atoms with E-state index in [1.807, 2.05) is 0 Å². The summed E-state index contributed by atoms with van der Waals surface area (Å²) in [4.78, 5) is 26.3. The van der Waals surface area contributed by atoms with Gasteiger partial charge in [0.15, 0.2) is 5.78 Å². The molecule has 0 spiro atoms. The lowest BCUT2D eigenvalue weighted by Gasteiger charge is -2.03. The fraction of sp³-hybridized carbons (Fsp3) is 0.417. The standard InChI is InChI=1S/C12H11F2NO3/c13-12(14)6-10(12)11(17)18-7-9(16)5-8-1-3-15-4-2-8/h1-4,10H,5-7H2. The number of hydrogen-bond acceptors (Lipinski definition) is 4. The minimum atomic E-state index is -2.95. The van der Waals surface area contributed by atoms with Crippen LogP contribution in [-0.4, -0.2) is 29.3 Å². The smallest absolute Gasteiger partial charge is 0.315 e. The number of Topliss-reactive ketones (excluding diaryl/α,β-unsaturated/α-hetero) is 1. The Kier molecular flexibility index (Phi) is 3.36. The third-order valence-corrected chi connectivity index (χ3v) is 2.64. The predicted octanol–water partition coefficient (Wildman–Crippen LogP) is 1.39. The van der Waals surface area contributed by atoms with Crippen LogP contribution >= 0.6 is 0 Å². The molecule has 1 aromatic rings. The summed E-state index contributed by atoms with van der Waals surface area (Å²) < 4.78 is 29.6. The monoisotopic (exact) mass is 255 g/mol. The van der Waals surface area contributed by atoms with E-state index in [0.29, 0.717) is 0 Å². The number of halogens is 2. The Morgan fingerprint density at radius 1 is 1.39 bits per heavy atom. The Morgan fingerprint density at radius 3 is 2.56 bits per heavy atom. The topological polar surface area (TPSA) is 56.3 Å². The summed E-state index contributed by atoms with van der Waals surface area (Å²) in [6.07, 6.45) is 2.69. The zero-order chi connectivity index (χ0) is 13.2. The largest absolute Gasteiger partial charge is 0.457 e. The number of aromatic nitrogens is 1. The van der Waals surface area contributed by atoms with Crippen molar-refractivity contribution < 1.29 is 23.1 Å². The van der Waals surface area contributed by atoms with Gasteiger partial charge in [0.05, 0.1) is 0 Å². The molecule has 1 saturated carbocycles. The van der Waals surface area contributed by atoms with Crippen LogP contribution in [0.1, 0.15) is 12.0 Å². The molecule has 6 heteroatoms. The van der Waals surface area contributed by atoms with Crippen molar-refractivity contribution in [2.45, 2.75) is 18.8 Å². The van der Waals surface area contributed by atoms with Crippen LogP contribution < -0.4 is 0 Å². The summed E-state index contributed by atoms with van der Waals surface area (Å²) in [6, 6.07) is 3.32. The van der Waals surface area contributed by atoms with Crippen molar-refractivity contribution in [1.82, 2.24) is 4.98 Å². The maximum absolute atomic E-state index is 12.5. The highest BCUT2D eigenvalue weighted by Gasteiger charge is 2.62. The molecule has 0 amide bonds. The Labute approximate surface area is 102 Å². The molecule has 1 atom stereocenters. The fourth-order valence-corrected chi connectivity index (χ4v) is 1.50. The van der Waals surface area contributed by atoms with Gasteiger partial charge in [-0.3, -0.25) is 14.6 Å². The number of esters is 1. The summed E-state index contributed by atoms with van der Waals surface area (Å²) in [7, 11) is 0. The van der Waals surface area contributed by atoms with Gasteiger partial charge >= 0.3 is 5.97 Å². The molecule has 1 aliphatic rings. The molecule has 4 nitrogen and oxygen atoms in total. The van der Waals surface area contributed by atoms with Crippen molar-refractivity contribution in [2.75, 3.05) is 6.61 Å². The third-order valence-electron chi connectivity index (χ3n) is 2.64. The lowest BCUT2D eigenvalue weighted by molar-refractivity contribution is -0.151. The SMILES string of the molecule is O=C(COC(=O)C1CC1(F)F)Cc1ccncc1. The summed E-state index contributed by atoms with van der Waals surface area (Å²) in [5.41, 5.74) is 0.739. The molecule has 0 saturated heterocycles. The minimum absolute atomic E-state index is 0.0941. The molecule has 1 fully saturated rings. The van der Waals surface area contributed by atoms with E-state index in [1.54, 1.807) is 24.5 Å². The minimum Gasteiger partial charge on any atom is -0.457 e. The van der Waals surface area contributed by atoms with E-state index in [1.165, 1.54) is 0 Å². The van der Waals surface area contributed by atoms with E-state index in [0.717, 1.165) is 5.56 Å². The van der Waals surface area contributed by atoms with E-state index in [2.05, 4.69) is 9.72 Å². The van der Waals surface area contributed by atoms with E-state index in [-0.39, 0.29) is 12.2 Å². The molecule has 1 unspecified atom stereocenters. The van der Waals surface area contributed by atoms with Gasteiger partial charge in [0, 0.05) is 25.2 Å². The van der Waals surface area contributed by atoms with Crippen molar-refractivity contribution in [1.29, 1.82) is 0 Å². The average molecular weight is 255 g/mol. The van der Waals surface area contributed by atoms with Crippen molar-refractivity contribution in [2.24, 2.45) is 5.92 Å². The van der Waals surface area contributed by atoms with Crippen LogP contribution in [0.3, 0.4) is 0 Å². The Morgan fingerprint density at radius 2 is 2.00 bits per heavy atom. The lowest BCUT2D eigenvalue weighted by Crippen LogP contribution is -2.18. The van der Waals surface area contributed by atoms with Gasteiger partial charge in [-0.2, -0.15) is 0 Å². The second-order valence-electron chi connectivity index (χ2n) is 4.20. The van der Waals surface area contributed by atoms with Gasteiger partial charge in [0.1, 0.15) is 12.5 Å². The van der Waals surface area contributed by atoms with Gasteiger partial charge in [-0.15, -0.1) is 0 Å². The maximum atomic E-state index is 12.5. The zero-order valence-corrected chi connectivity index (χ0v) is 9.44. The maximum Gasteiger partial charge on any atom is 0.315 e. The van der Waals surface area contributed by atoms with E-state index in [4.69, 9.17) is 0 Å². The number of alkyl halides is 2. The third kappa shape index (κ3) is 3.09. The van der Waals surface area contributed by atoms with Gasteiger partial charge < -0.3 is 4.74 Å². The quantitative estimate of drug-likeness (QED) is 0.746. The van der Waals surface area contributed by atoms with E-state index < -0.39 is 30.8 Å². The fourth-order valence-electron chi connectivity index (χ4n) is 1.50. The highest BCUT2D eigenvalue weighted by atomic mass is 19.3. The highest BCUT2D eigenvalue weighted by molar-refractivity contribution is 5.85. The first-order valence-electron chi connectivity index (χ1n) is 5.44. The first kappa shape index (κ1) is 12.6. The molecule has 1 aromatic heterocycles.